The molecule has 0 aromatic heterocycles. The summed E-state index contributed by atoms with van der Waals surface area (Å²) in [5, 5.41) is 0. The van der Waals surface area contributed by atoms with Gasteiger partial charge < -0.3 is 9.64 Å². The van der Waals surface area contributed by atoms with E-state index in [9.17, 15) is 12.8 Å². The molecule has 1 saturated heterocycles. The Morgan fingerprint density at radius 2 is 1.91 bits per heavy atom. The van der Waals surface area contributed by atoms with Crippen LogP contribution in [0.3, 0.4) is 0 Å². The molecule has 0 spiro atoms. The van der Waals surface area contributed by atoms with Gasteiger partial charge in [0.1, 0.15) is 6.61 Å². The molecule has 2 aliphatic carbocycles. The zero-order valence-corrected chi connectivity index (χ0v) is 19.8. The summed E-state index contributed by atoms with van der Waals surface area (Å²) in [6.07, 6.45) is 5.06. The van der Waals surface area contributed by atoms with Crippen LogP contribution in [-0.2, 0) is 22.9 Å². The van der Waals surface area contributed by atoms with Gasteiger partial charge in [-0.1, -0.05) is 30.3 Å². The number of halogens is 1. The van der Waals surface area contributed by atoms with Crippen LogP contribution in [0.2, 0.25) is 0 Å². The van der Waals surface area contributed by atoms with Crippen molar-refractivity contribution in [1.29, 1.82) is 0 Å². The number of ether oxygens (including phenoxy) is 1. The fraction of sp³-hybridized carbons (Fsp3) is 0.538. The predicted octanol–water partition coefficient (Wildman–Crippen LogP) is 3.74. The normalized spacial score (nSPS) is 22.7. The van der Waals surface area contributed by atoms with Crippen LogP contribution in [0.15, 0.2) is 42.5 Å². The number of likely N-dealkylation sites (tertiary alicyclic amines) is 1. The number of sulfonamides is 1. The summed E-state index contributed by atoms with van der Waals surface area (Å²) in [7, 11) is -3.28. The molecule has 1 saturated carbocycles. The fourth-order valence-corrected chi connectivity index (χ4v) is 6.63. The Labute approximate surface area is 196 Å². The highest BCUT2D eigenvalue weighted by molar-refractivity contribution is 7.89. The van der Waals surface area contributed by atoms with Crippen LogP contribution in [0.25, 0.3) is 0 Å². The molecular weight excluding hydrogens is 439 g/mol. The van der Waals surface area contributed by atoms with E-state index in [1.165, 1.54) is 17.5 Å². The molecule has 1 N–H and O–H groups in total. The molecule has 2 aromatic rings. The lowest BCUT2D eigenvalue weighted by molar-refractivity contribution is 0.145. The molecule has 0 amide bonds. The van der Waals surface area contributed by atoms with Crippen molar-refractivity contribution >= 4 is 10.0 Å². The molecule has 1 aliphatic heterocycles. The van der Waals surface area contributed by atoms with Crippen LogP contribution in [-0.4, -0.2) is 51.9 Å². The highest BCUT2D eigenvalue weighted by Crippen LogP contribution is 2.43. The van der Waals surface area contributed by atoms with Crippen molar-refractivity contribution in [1.82, 2.24) is 9.62 Å². The van der Waals surface area contributed by atoms with E-state index in [4.69, 9.17) is 4.74 Å². The topological polar surface area (TPSA) is 58.6 Å². The van der Waals surface area contributed by atoms with E-state index < -0.39 is 10.0 Å². The minimum atomic E-state index is -3.28. The molecule has 33 heavy (non-hydrogen) atoms. The minimum absolute atomic E-state index is 0.111. The van der Waals surface area contributed by atoms with Crippen LogP contribution in [0.4, 0.5) is 4.39 Å². The first-order valence-corrected chi connectivity index (χ1v) is 13.8. The number of hydrogen-bond donors (Lipinski definition) is 1. The maximum absolute atomic E-state index is 14.8. The van der Waals surface area contributed by atoms with E-state index >= 15 is 0 Å². The monoisotopic (exact) mass is 472 g/mol. The summed E-state index contributed by atoms with van der Waals surface area (Å²) in [5.41, 5.74) is 3.55. The van der Waals surface area contributed by atoms with Crippen LogP contribution in [0.1, 0.15) is 41.9 Å². The lowest BCUT2D eigenvalue weighted by Gasteiger charge is -2.35. The SMILES string of the molecule is O=S(=O)(CC1CC1)NCCOc1cc2c(cc1F)CC(CN1CCC1)C2Cc1ccccc1. The van der Waals surface area contributed by atoms with Crippen molar-refractivity contribution in [3.8, 4) is 5.75 Å². The Kier molecular flexibility index (Phi) is 6.72. The van der Waals surface area contributed by atoms with Crippen LogP contribution in [0.5, 0.6) is 5.75 Å². The zero-order valence-electron chi connectivity index (χ0n) is 19.0. The molecule has 3 aliphatic rings. The predicted molar refractivity (Wildman–Crippen MR) is 128 cm³/mol. The number of hydrogen-bond acceptors (Lipinski definition) is 4. The molecule has 0 bridgehead atoms. The number of nitrogens with zero attached hydrogens (tertiary/aromatic N) is 1. The van der Waals surface area contributed by atoms with E-state index in [1.54, 1.807) is 6.07 Å². The van der Waals surface area contributed by atoms with Crippen molar-refractivity contribution in [2.45, 2.75) is 38.0 Å². The summed E-state index contributed by atoms with van der Waals surface area (Å²) in [6, 6.07) is 14.0. The third kappa shape index (κ3) is 5.76. The van der Waals surface area contributed by atoms with Gasteiger partial charge in [-0.3, -0.25) is 0 Å². The van der Waals surface area contributed by atoms with Crippen molar-refractivity contribution in [3.63, 3.8) is 0 Å². The van der Waals surface area contributed by atoms with Gasteiger partial charge in [0, 0.05) is 13.1 Å². The van der Waals surface area contributed by atoms with Crippen LogP contribution >= 0.6 is 0 Å². The van der Waals surface area contributed by atoms with Crippen molar-refractivity contribution < 1.29 is 17.5 Å². The average Bonchev–Trinajstić information content (AvgIpc) is 3.50. The van der Waals surface area contributed by atoms with Gasteiger partial charge in [-0.2, -0.15) is 0 Å². The maximum Gasteiger partial charge on any atom is 0.211 e. The van der Waals surface area contributed by atoms with Gasteiger partial charge in [-0.15, -0.1) is 0 Å². The van der Waals surface area contributed by atoms with Gasteiger partial charge in [0.2, 0.25) is 10.0 Å². The summed E-state index contributed by atoms with van der Waals surface area (Å²) in [5.74, 6) is 1.12. The molecule has 2 unspecified atom stereocenters. The Morgan fingerprint density at radius 3 is 2.61 bits per heavy atom. The first-order chi connectivity index (χ1) is 16.0. The number of nitrogens with one attached hydrogen (secondary N) is 1. The van der Waals surface area contributed by atoms with Crippen LogP contribution in [0, 0.1) is 17.7 Å². The van der Waals surface area contributed by atoms with Gasteiger partial charge in [0.25, 0.3) is 0 Å². The lowest BCUT2D eigenvalue weighted by Crippen LogP contribution is -2.41. The molecule has 2 aromatic carbocycles. The van der Waals surface area contributed by atoms with Gasteiger partial charge in [-0.25, -0.2) is 17.5 Å². The Bertz CT molecular complexity index is 1070. The van der Waals surface area contributed by atoms with Crippen molar-refractivity contribution in [2.24, 2.45) is 11.8 Å². The Morgan fingerprint density at radius 1 is 1.12 bits per heavy atom. The smallest absolute Gasteiger partial charge is 0.211 e. The highest BCUT2D eigenvalue weighted by atomic mass is 32.2. The Balaban J connectivity index is 1.27. The molecule has 0 radical (unpaired) electrons. The van der Waals surface area contributed by atoms with E-state index in [0.29, 0.717) is 17.8 Å². The number of rotatable bonds is 11. The third-order valence-corrected chi connectivity index (χ3v) is 8.77. The average molecular weight is 473 g/mol. The molecule has 1 heterocycles. The molecule has 2 atom stereocenters. The second-order valence-electron chi connectivity index (χ2n) is 9.86. The molecule has 7 heteroatoms. The van der Waals surface area contributed by atoms with E-state index in [-0.39, 0.29) is 30.5 Å². The second kappa shape index (κ2) is 9.72. The molecular formula is C26H33FN2O3S. The van der Waals surface area contributed by atoms with Gasteiger partial charge >= 0.3 is 0 Å². The van der Waals surface area contributed by atoms with Crippen molar-refractivity contribution in [3.05, 3.63) is 65.0 Å². The minimum Gasteiger partial charge on any atom is -0.489 e. The summed E-state index contributed by atoms with van der Waals surface area (Å²) < 4.78 is 47.2. The molecule has 178 valence electrons. The number of fused-ring (bicyclic) bond motifs is 1. The van der Waals surface area contributed by atoms with Crippen molar-refractivity contribution in [2.75, 3.05) is 38.5 Å². The first-order valence-electron chi connectivity index (χ1n) is 12.2. The summed E-state index contributed by atoms with van der Waals surface area (Å²) >= 11 is 0. The zero-order chi connectivity index (χ0) is 22.8. The van der Waals surface area contributed by atoms with E-state index in [0.717, 1.165) is 50.9 Å². The lowest BCUT2D eigenvalue weighted by atomic mass is 9.86. The van der Waals surface area contributed by atoms with Gasteiger partial charge in [0.05, 0.1) is 5.75 Å². The summed E-state index contributed by atoms with van der Waals surface area (Å²) in [4.78, 5) is 2.50. The largest absolute Gasteiger partial charge is 0.489 e. The summed E-state index contributed by atoms with van der Waals surface area (Å²) in [6.45, 7) is 3.62. The maximum atomic E-state index is 14.8. The standard InChI is InChI=1S/C26H33FN2O3S/c27-25-15-21-14-22(17-29-10-4-11-29)23(13-19-5-2-1-3-6-19)24(21)16-26(25)32-12-9-28-33(30,31)18-20-7-8-20/h1-3,5-6,15-16,20,22-23,28H,4,7-14,17-18H2. The molecule has 5 rings (SSSR count). The quantitative estimate of drug-likeness (QED) is 0.506. The first kappa shape index (κ1) is 22.8. The van der Waals surface area contributed by atoms with E-state index in [1.807, 2.05) is 12.1 Å². The van der Waals surface area contributed by atoms with Gasteiger partial charge in [-0.05, 0) is 91.8 Å². The third-order valence-electron chi connectivity index (χ3n) is 7.22. The second-order valence-corrected chi connectivity index (χ2v) is 11.7. The Hall–Kier alpha value is -1.96. The molecule has 5 nitrogen and oxygen atoms in total. The number of benzene rings is 2. The fourth-order valence-electron chi connectivity index (χ4n) is 5.17. The molecule has 2 fully saturated rings. The van der Waals surface area contributed by atoms with Gasteiger partial charge in [0.15, 0.2) is 11.6 Å². The van der Waals surface area contributed by atoms with Crippen LogP contribution < -0.4 is 9.46 Å². The van der Waals surface area contributed by atoms with E-state index in [2.05, 4.69) is 33.9 Å². The highest BCUT2D eigenvalue weighted by Gasteiger charge is 2.35.